The van der Waals surface area contributed by atoms with Crippen LogP contribution in [0.2, 0.25) is 0 Å². The van der Waals surface area contributed by atoms with E-state index >= 15 is 0 Å². The number of rotatable bonds is 6. The van der Waals surface area contributed by atoms with Crippen molar-refractivity contribution in [3.8, 4) is 0 Å². The number of aldehydes is 2. The number of allylic oxidation sites excluding steroid dienone is 1. The summed E-state index contributed by atoms with van der Waals surface area (Å²) in [6, 6.07) is 16.5. The van der Waals surface area contributed by atoms with E-state index in [2.05, 4.69) is 52.9 Å². The molecule has 1 unspecified atom stereocenters. The van der Waals surface area contributed by atoms with Crippen LogP contribution in [0.15, 0.2) is 54.6 Å². The van der Waals surface area contributed by atoms with E-state index < -0.39 is 0 Å². The minimum Gasteiger partial charge on any atom is -0.355 e. The van der Waals surface area contributed by atoms with Gasteiger partial charge in [-0.05, 0) is 49.1 Å². The van der Waals surface area contributed by atoms with Gasteiger partial charge in [-0.3, -0.25) is 0 Å². The Hall–Kier alpha value is -3.40. The van der Waals surface area contributed by atoms with Gasteiger partial charge in [-0.2, -0.15) is 0 Å². The van der Waals surface area contributed by atoms with Gasteiger partial charge in [0.2, 0.25) is 0 Å². The molecule has 150 valence electrons. The maximum Gasteiger partial charge on any atom is 0.124 e. The molecule has 0 saturated heterocycles. The van der Waals surface area contributed by atoms with Gasteiger partial charge in [-0.25, -0.2) is 0 Å². The molecule has 0 saturated carbocycles. The number of para-hydroxylation sites is 2. The van der Waals surface area contributed by atoms with Gasteiger partial charge in [0, 0.05) is 46.0 Å². The summed E-state index contributed by atoms with van der Waals surface area (Å²) in [4.78, 5) is 26.1. The summed E-state index contributed by atoms with van der Waals surface area (Å²) >= 11 is 0. The molecule has 5 rings (SSSR count). The van der Waals surface area contributed by atoms with Crippen LogP contribution in [0, 0.1) is 0 Å². The minimum atomic E-state index is -0.189. The van der Waals surface area contributed by atoms with Crippen LogP contribution in [0.5, 0.6) is 0 Å². The predicted octanol–water partition coefficient (Wildman–Crippen LogP) is 4.98. The van der Waals surface area contributed by atoms with Crippen LogP contribution in [0.4, 0.5) is 0 Å². The van der Waals surface area contributed by atoms with E-state index in [1.54, 1.807) is 0 Å². The maximum absolute atomic E-state index is 11.3. The topological polar surface area (TPSA) is 54.9 Å². The molecule has 0 radical (unpaired) electrons. The number of H-pyrrole nitrogens is 1. The van der Waals surface area contributed by atoms with Crippen molar-refractivity contribution in [1.29, 1.82) is 0 Å². The Kier molecular flexibility index (Phi) is 4.43. The summed E-state index contributed by atoms with van der Waals surface area (Å²) in [5, 5.41) is 2.27. The highest BCUT2D eigenvalue weighted by Gasteiger charge is 2.35. The lowest BCUT2D eigenvalue weighted by Crippen LogP contribution is -2.23. The zero-order chi connectivity index (χ0) is 20.7. The molecule has 0 amide bonds. The molecule has 1 aliphatic heterocycles. The lowest BCUT2D eigenvalue weighted by atomic mass is 9.95. The number of hydrogen-bond donors (Lipinski definition) is 1. The van der Waals surface area contributed by atoms with Crippen LogP contribution in [0.3, 0.4) is 0 Å². The quantitative estimate of drug-likeness (QED) is 0.467. The van der Waals surface area contributed by atoms with E-state index in [0.29, 0.717) is 12.8 Å². The van der Waals surface area contributed by atoms with Gasteiger partial charge in [-0.15, -0.1) is 0 Å². The average molecular weight is 396 g/mol. The first-order valence-corrected chi connectivity index (χ1v) is 10.4. The van der Waals surface area contributed by atoms with Crippen molar-refractivity contribution in [2.45, 2.75) is 38.1 Å². The van der Waals surface area contributed by atoms with Crippen molar-refractivity contribution in [2.24, 2.45) is 0 Å². The molecule has 0 spiro atoms. The molecule has 1 N–H and O–H groups in total. The van der Waals surface area contributed by atoms with E-state index in [0.717, 1.165) is 53.1 Å². The van der Waals surface area contributed by atoms with Crippen molar-refractivity contribution in [3.05, 3.63) is 77.1 Å². The van der Waals surface area contributed by atoms with Crippen LogP contribution in [-0.4, -0.2) is 22.1 Å². The third-order valence-electron chi connectivity index (χ3n) is 6.50. The van der Waals surface area contributed by atoms with Crippen LogP contribution >= 0.6 is 0 Å². The van der Waals surface area contributed by atoms with Crippen LogP contribution in [0.25, 0.3) is 27.9 Å². The normalized spacial score (nSPS) is 18.4. The van der Waals surface area contributed by atoms with Crippen molar-refractivity contribution >= 4 is 40.5 Å². The molecular weight excluding hydrogens is 372 g/mol. The first-order chi connectivity index (χ1) is 14.7. The minimum absolute atomic E-state index is 0.189. The molecule has 3 heterocycles. The number of nitrogens with zero attached hydrogens (tertiary/aromatic N) is 1. The Morgan fingerprint density at radius 2 is 1.67 bits per heavy atom. The fourth-order valence-corrected chi connectivity index (χ4v) is 5.09. The van der Waals surface area contributed by atoms with E-state index in [4.69, 9.17) is 0 Å². The van der Waals surface area contributed by atoms with Gasteiger partial charge in [0.15, 0.2) is 0 Å². The molecule has 1 atom stereocenters. The van der Waals surface area contributed by atoms with Crippen molar-refractivity contribution in [2.75, 3.05) is 0 Å². The molecule has 4 aromatic rings. The second kappa shape index (κ2) is 7.13. The number of aromatic amines is 1. The Morgan fingerprint density at radius 1 is 0.967 bits per heavy atom. The molecule has 30 heavy (non-hydrogen) atoms. The van der Waals surface area contributed by atoms with Gasteiger partial charge < -0.3 is 19.1 Å². The SMILES string of the molecule is CC1(/C=C/c2[nH]c3ccccc3c2CC=O)CCc2c(CC=O)c3ccccc3n21. The Bertz CT molecular complexity index is 1310. The van der Waals surface area contributed by atoms with Crippen LogP contribution in [0.1, 0.15) is 35.9 Å². The summed E-state index contributed by atoms with van der Waals surface area (Å²) in [6.45, 7) is 2.25. The van der Waals surface area contributed by atoms with Gasteiger partial charge in [0.05, 0.1) is 5.54 Å². The molecule has 0 aliphatic carbocycles. The number of hydrogen-bond acceptors (Lipinski definition) is 2. The van der Waals surface area contributed by atoms with Gasteiger partial charge in [0.25, 0.3) is 0 Å². The highest BCUT2D eigenvalue weighted by molar-refractivity contribution is 5.90. The molecule has 0 bridgehead atoms. The van der Waals surface area contributed by atoms with Crippen LogP contribution in [-0.2, 0) is 34.4 Å². The van der Waals surface area contributed by atoms with E-state index in [-0.39, 0.29) is 5.54 Å². The highest BCUT2D eigenvalue weighted by atomic mass is 16.1. The fraction of sp³-hybridized carbons (Fsp3) is 0.231. The molecule has 1 aliphatic rings. The summed E-state index contributed by atoms with van der Waals surface area (Å²) in [6.07, 6.45) is 9.13. The predicted molar refractivity (Wildman–Crippen MR) is 121 cm³/mol. The number of carbonyl (C=O) groups is 2. The van der Waals surface area contributed by atoms with Gasteiger partial charge >= 0.3 is 0 Å². The van der Waals surface area contributed by atoms with Crippen molar-refractivity contribution in [3.63, 3.8) is 0 Å². The van der Waals surface area contributed by atoms with Crippen molar-refractivity contribution < 1.29 is 9.59 Å². The summed E-state index contributed by atoms with van der Waals surface area (Å²) in [7, 11) is 0. The number of carbonyl (C=O) groups excluding carboxylic acids is 2. The third kappa shape index (κ3) is 2.75. The maximum atomic E-state index is 11.3. The molecule has 0 fully saturated rings. The largest absolute Gasteiger partial charge is 0.355 e. The Balaban J connectivity index is 1.63. The van der Waals surface area contributed by atoms with Gasteiger partial charge in [-0.1, -0.05) is 42.5 Å². The Morgan fingerprint density at radius 3 is 2.47 bits per heavy atom. The molecule has 2 aromatic carbocycles. The summed E-state index contributed by atoms with van der Waals surface area (Å²) in [5.41, 5.74) is 6.49. The standard InChI is InChI=1S/C26H24N2O2/c1-26(14-10-23-19(12-16-29)18-6-2-4-8-22(18)27-23)15-11-25-21(13-17-30)20-7-3-5-9-24(20)28(25)26/h2-10,14,16-17,27H,11-13,15H2,1H3/b14-10+. The molecule has 4 heteroatoms. The first kappa shape index (κ1) is 18.6. The monoisotopic (exact) mass is 396 g/mol. The average Bonchev–Trinajstić information content (AvgIpc) is 3.39. The number of aromatic nitrogens is 2. The van der Waals surface area contributed by atoms with E-state index in [1.165, 1.54) is 16.6 Å². The highest BCUT2D eigenvalue weighted by Crippen LogP contribution is 2.42. The Labute approximate surface area is 175 Å². The first-order valence-electron chi connectivity index (χ1n) is 10.4. The van der Waals surface area contributed by atoms with E-state index in [9.17, 15) is 9.59 Å². The van der Waals surface area contributed by atoms with Crippen LogP contribution < -0.4 is 0 Å². The van der Waals surface area contributed by atoms with Gasteiger partial charge in [0.1, 0.15) is 12.6 Å². The zero-order valence-corrected chi connectivity index (χ0v) is 17.0. The van der Waals surface area contributed by atoms with E-state index in [1.807, 2.05) is 24.3 Å². The summed E-state index contributed by atoms with van der Waals surface area (Å²) < 4.78 is 2.40. The second-order valence-corrected chi connectivity index (χ2v) is 8.27. The number of benzene rings is 2. The molecule has 2 aromatic heterocycles. The number of nitrogens with one attached hydrogen (secondary N) is 1. The zero-order valence-electron chi connectivity index (χ0n) is 17.0. The second-order valence-electron chi connectivity index (χ2n) is 8.27. The lowest BCUT2D eigenvalue weighted by Gasteiger charge is -2.24. The fourth-order valence-electron chi connectivity index (χ4n) is 5.09. The molecular formula is C26H24N2O2. The van der Waals surface area contributed by atoms with Crippen molar-refractivity contribution in [1.82, 2.24) is 9.55 Å². The smallest absolute Gasteiger partial charge is 0.124 e. The lowest BCUT2D eigenvalue weighted by molar-refractivity contribution is -0.108. The third-order valence-corrected chi connectivity index (χ3v) is 6.50. The summed E-state index contributed by atoms with van der Waals surface area (Å²) in [5.74, 6) is 0. The number of fused-ring (bicyclic) bond motifs is 4. The molecule has 4 nitrogen and oxygen atoms in total.